The molecule has 0 saturated carbocycles. The van der Waals surface area contributed by atoms with Gasteiger partial charge in [0.05, 0.1) is 19.1 Å². The van der Waals surface area contributed by atoms with Crippen LogP contribution in [-0.2, 0) is 9.53 Å². The molecule has 1 aromatic carbocycles. The van der Waals surface area contributed by atoms with E-state index in [1.807, 2.05) is 0 Å². The number of hydrogen-bond donors (Lipinski definition) is 0. The number of carbonyl (C=O) groups excluding carboxylic acids is 1. The van der Waals surface area contributed by atoms with E-state index in [-0.39, 0.29) is 11.8 Å². The molecule has 0 aliphatic carbocycles. The molecular formula is C14H16ClF2NO2. The third-order valence-corrected chi connectivity index (χ3v) is 3.45. The third kappa shape index (κ3) is 3.90. The maximum Gasteiger partial charge on any atom is 0.256 e. The van der Waals surface area contributed by atoms with Crippen LogP contribution in [0.1, 0.15) is 12.8 Å². The molecule has 1 heterocycles. The third-order valence-electron chi connectivity index (χ3n) is 3.22. The largest absolute Gasteiger partial charge is 0.381 e. The van der Waals surface area contributed by atoms with Crippen molar-refractivity contribution < 1.29 is 18.3 Å². The van der Waals surface area contributed by atoms with Gasteiger partial charge < -0.3 is 9.64 Å². The van der Waals surface area contributed by atoms with Crippen molar-refractivity contribution in [2.45, 2.75) is 19.3 Å². The Balaban J connectivity index is 2.20. The number of anilines is 1. The molecular weight excluding hydrogens is 288 g/mol. The van der Waals surface area contributed by atoms with Crippen molar-refractivity contribution in [2.24, 2.45) is 5.92 Å². The van der Waals surface area contributed by atoms with Crippen LogP contribution in [0, 0.1) is 5.92 Å². The van der Waals surface area contributed by atoms with Gasteiger partial charge >= 0.3 is 0 Å². The minimum absolute atomic E-state index is 0.291. The van der Waals surface area contributed by atoms with Crippen molar-refractivity contribution in [2.75, 3.05) is 24.7 Å². The zero-order valence-electron chi connectivity index (χ0n) is 10.9. The second kappa shape index (κ2) is 6.99. The van der Waals surface area contributed by atoms with Crippen molar-refractivity contribution in [3.63, 3.8) is 0 Å². The van der Waals surface area contributed by atoms with Gasteiger partial charge in [0, 0.05) is 17.3 Å². The van der Waals surface area contributed by atoms with Crippen molar-refractivity contribution in [3.8, 4) is 0 Å². The SMILES string of the molecule is O=C([C@@H]1CCCOC1)N(CC(F)F)c1cccc(Cl)c1. The molecule has 1 aromatic rings. The molecule has 2 rings (SSSR count). The fourth-order valence-electron chi connectivity index (χ4n) is 2.26. The van der Waals surface area contributed by atoms with Crippen molar-refractivity contribution in [1.82, 2.24) is 0 Å². The van der Waals surface area contributed by atoms with E-state index in [1.54, 1.807) is 18.2 Å². The molecule has 6 heteroatoms. The first-order valence-corrected chi connectivity index (χ1v) is 6.88. The first-order valence-electron chi connectivity index (χ1n) is 6.51. The van der Waals surface area contributed by atoms with Gasteiger partial charge in [-0.05, 0) is 31.0 Å². The van der Waals surface area contributed by atoms with Crippen LogP contribution >= 0.6 is 11.6 Å². The summed E-state index contributed by atoms with van der Waals surface area (Å²) in [6, 6.07) is 6.40. The standard InChI is InChI=1S/C14H16ClF2NO2/c15-11-4-1-5-12(7-11)18(8-13(16)17)14(19)10-3-2-6-20-9-10/h1,4-5,7,10,13H,2-3,6,8-9H2/t10-/m1/s1. The summed E-state index contributed by atoms with van der Waals surface area (Å²) in [7, 11) is 0. The number of ether oxygens (including phenoxy) is 1. The highest BCUT2D eigenvalue weighted by Crippen LogP contribution is 2.24. The molecule has 0 bridgehead atoms. The summed E-state index contributed by atoms with van der Waals surface area (Å²) in [5, 5.41) is 0.412. The Bertz CT molecular complexity index is 464. The summed E-state index contributed by atoms with van der Waals surface area (Å²) in [6.07, 6.45) is -1.16. The summed E-state index contributed by atoms with van der Waals surface area (Å²) in [4.78, 5) is 13.5. The lowest BCUT2D eigenvalue weighted by molar-refractivity contribution is -0.126. The van der Waals surface area contributed by atoms with E-state index in [9.17, 15) is 13.6 Å². The van der Waals surface area contributed by atoms with Crippen LogP contribution in [0.5, 0.6) is 0 Å². The number of halogens is 3. The quantitative estimate of drug-likeness (QED) is 0.853. The maximum atomic E-state index is 12.7. The number of benzene rings is 1. The van der Waals surface area contributed by atoms with Gasteiger partial charge in [0.1, 0.15) is 0 Å². The molecule has 3 nitrogen and oxygen atoms in total. The molecule has 0 radical (unpaired) electrons. The van der Waals surface area contributed by atoms with Crippen molar-refractivity contribution in [1.29, 1.82) is 0 Å². The second-order valence-corrected chi connectivity index (χ2v) is 5.17. The van der Waals surface area contributed by atoms with Gasteiger partial charge in [-0.2, -0.15) is 0 Å². The highest BCUT2D eigenvalue weighted by Gasteiger charge is 2.29. The maximum absolute atomic E-state index is 12.7. The van der Waals surface area contributed by atoms with E-state index in [0.717, 1.165) is 11.3 Å². The Labute approximate surface area is 121 Å². The highest BCUT2D eigenvalue weighted by atomic mass is 35.5. The van der Waals surface area contributed by atoms with E-state index >= 15 is 0 Å². The van der Waals surface area contributed by atoms with Crippen LogP contribution in [0.25, 0.3) is 0 Å². The molecule has 1 saturated heterocycles. The van der Waals surface area contributed by atoms with Crippen LogP contribution in [0.2, 0.25) is 5.02 Å². The number of nitrogens with zero attached hydrogens (tertiary/aromatic N) is 1. The highest BCUT2D eigenvalue weighted by molar-refractivity contribution is 6.30. The van der Waals surface area contributed by atoms with Crippen molar-refractivity contribution in [3.05, 3.63) is 29.3 Å². The fraction of sp³-hybridized carbons (Fsp3) is 0.500. The molecule has 1 aliphatic rings. The summed E-state index contributed by atoms with van der Waals surface area (Å²) in [5.41, 5.74) is 0.397. The zero-order valence-corrected chi connectivity index (χ0v) is 11.7. The molecule has 1 atom stereocenters. The van der Waals surface area contributed by atoms with Gasteiger partial charge in [0.2, 0.25) is 5.91 Å². The summed E-state index contributed by atoms with van der Waals surface area (Å²) in [5.74, 6) is -0.686. The van der Waals surface area contributed by atoms with Crippen LogP contribution in [0.3, 0.4) is 0 Å². The van der Waals surface area contributed by atoms with E-state index < -0.39 is 13.0 Å². The van der Waals surface area contributed by atoms with Gasteiger partial charge in [-0.25, -0.2) is 8.78 Å². The minimum Gasteiger partial charge on any atom is -0.381 e. The van der Waals surface area contributed by atoms with E-state index in [2.05, 4.69) is 0 Å². The predicted molar refractivity (Wildman–Crippen MR) is 73.4 cm³/mol. The van der Waals surface area contributed by atoms with Gasteiger partial charge in [0.25, 0.3) is 6.43 Å². The fourth-order valence-corrected chi connectivity index (χ4v) is 2.45. The number of carbonyl (C=O) groups is 1. The Morgan fingerprint density at radius 2 is 2.30 bits per heavy atom. The van der Waals surface area contributed by atoms with E-state index in [0.29, 0.717) is 30.3 Å². The summed E-state index contributed by atoms with van der Waals surface area (Å²) >= 11 is 5.87. The Morgan fingerprint density at radius 1 is 1.50 bits per heavy atom. The second-order valence-electron chi connectivity index (χ2n) is 4.73. The van der Waals surface area contributed by atoms with Crippen LogP contribution in [-0.4, -0.2) is 32.1 Å². The Morgan fingerprint density at radius 3 is 2.90 bits per heavy atom. The molecule has 1 aliphatic heterocycles. The van der Waals surface area contributed by atoms with Crippen LogP contribution in [0.15, 0.2) is 24.3 Å². The normalized spacial score (nSPS) is 19.1. The molecule has 0 spiro atoms. The predicted octanol–water partition coefficient (Wildman–Crippen LogP) is 3.36. The number of rotatable bonds is 4. The van der Waals surface area contributed by atoms with E-state index in [1.165, 1.54) is 6.07 Å². The van der Waals surface area contributed by atoms with Gasteiger partial charge in [0.15, 0.2) is 0 Å². The van der Waals surface area contributed by atoms with Crippen molar-refractivity contribution >= 4 is 23.2 Å². The van der Waals surface area contributed by atoms with Crippen LogP contribution < -0.4 is 4.90 Å². The lowest BCUT2D eigenvalue weighted by Gasteiger charge is -2.29. The minimum atomic E-state index is -2.59. The molecule has 0 unspecified atom stereocenters. The first kappa shape index (κ1) is 15.2. The average molecular weight is 304 g/mol. The molecule has 20 heavy (non-hydrogen) atoms. The lowest BCUT2D eigenvalue weighted by atomic mass is 10.0. The zero-order chi connectivity index (χ0) is 14.5. The first-order chi connectivity index (χ1) is 9.58. The Hall–Kier alpha value is -1.20. The average Bonchev–Trinajstić information content (AvgIpc) is 2.45. The van der Waals surface area contributed by atoms with Gasteiger partial charge in [-0.3, -0.25) is 4.79 Å². The smallest absolute Gasteiger partial charge is 0.256 e. The molecule has 110 valence electrons. The number of alkyl halides is 2. The lowest BCUT2D eigenvalue weighted by Crippen LogP contribution is -2.42. The Kier molecular flexibility index (Phi) is 5.31. The van der Waals surface area contributed by atoms with Gasteiger partial charge in [-0.15, -0.1) is 0 Å². The molecule has 1 amide bonds. The number of hydrogen-bond acceptors (Lipinski definition) is 2. The topological polar surface area (TPSA) is 29.5 Å². The van der Waals surface area contributed by atoms with Crippen LogP contribution in [0.4, 0.5) is 14.5 Å². The summed E-state index contributed by atoms with van der Waals surface area (Å²) in [6.45, 7) is 0.282. The van der Waals surface area contributed by atoms with Gasteiger partial charge in [-0.1, -0.05) is 17.7 Å². The molecule has 0 N–H and O–H groups in total. The summed E-state index contributed by atoms with van der Waals surface area (Å²) < 4.78 is 30.7. The number of amides is 1. The molecule has 0 aromatic heterocycles. The van der Waals surface area contributed by atoms with E-state index in [4.69, 9.17) is 16.3 Å². The molecule has 1 fully saturated rings. The monoisotopic (exact) mass is 303 g/mol.